The van der Waals surface area contributed by atoms with Gasteiger partial charge in [-0.05, 0) is 49.1 Å². The second kappa shape index (κ2) is 10.5. The number of piperidine rings is 1. The van der Waals surface area contributed by atoms with Gasteiger partial charge in [0, 0.05) is 32.1 Å². The Balaban J connectivity index is 1.42. The zero-order chi connectivity index (χ0) is 25.1. The topological polar surface area (TPSA) is 67.8 Å². The van der Waals surface area contributed by atoms with Crippen LogP contribution in [0.15, 0.2) is 42.5 Å². The van der Waals surface area contributed by atoms with Crippen LogP contribution in [0.1, 0.15) is 36.1 Å². The van der Waals surface area contributed by atoms with Crippen molar-refractivity contribution in [3.63, 3.8) is 0 Å². The van der Waals surface area contributed by atoms with E-state index < -0.39 is 11.6 Å². The lowest BCUT2D eigenvalue weighted by molar-refractivity contribution is -0.131. The highest BCUT2D eigenvalue weighted by atomic mass is 19.2. The summed E-state index contributed by atoms with van der Waals surface area (Å²) in [5.74, 6) is -0.304. The van der Waals surface area contributed by atoms with Gasteiger partial charge in [-0.15, -0.1) is 0 Å². The highest BCUT2D eigenvalue weighted by Gasteiger charge is 2.28. The molecule has 0 N–H and O–H groups in total. The average molecular weight is 495 g/mol. The average Bonchev–Trinajstić information content (AvgIpc) is 2.91. The Bertz CT molecular complexity index is 1260. The molecule has 7 nitrogen and oxygen atoms in total. The van der Waals surface area contributed by atoms with Crippen LogP contribution in [0.4, 0.5) is 14.7 Å². The summed E-state index contributed by atoms with van der Waals surface area (Å²) in [6, 6.07) is 10.8. The first-order valence-corrected chi connectivity index (χ1v) is 12.2. The molecule has 2 aliphatic heterocycles. The Labute approximate surface area is 208 Å². The monoisotopic (exact) mass is 494 g/mol. The Hall–Kier alpha value is -3.75. The molecule has 0 radical (unpaired) electrons. The highest BCUT2D eigenvalue weighted by Crippen LogP contribution is 2.33. The summed E-state index contributed by atoms with van der Waals surface area (Å²) in [7, 11) is 1.59. The third-order valence-corrected chi connectivity index (χ3v) is 6.60. The summed E-state index contributed by atoms with van der Waals surface area (Å²) >= 11 is 0. The number of carbonyl (C=O) groups is 1. The first kappa shape index (κ1) is 24.0. The lowest BCUT2D eigenvalue weighted by atomic mass is 10.0. The van der Waals surface area contributed by atoms with Gasteiger partial charge in [0.25, 0.3) is 0 Å². The molecular formula is C27H28F2N4O3. The van der Waals surface area contributed by atoms with Crippen LogP contribution in [0, 0.1) is 11.6 Å². The molecule has 5 rings (SSSR count). The first-order chi connectivity index (χ1) is 17.5. The molecule has 1 amide bonds. The van der Waals surface area contributed by atoms with E-state index in [1.807, 2.05) is 24.3 Å². The molecule has 2 aliphatic rings. The lowest BCUT2D eigenvalue weighted by Crippen LogP contribution is -2.38. The van der Waals surface area contributed by atoms with Crippen molar-refractivity contribution >= 4 is 11.9 Å². The number of benzene rings is 2. The summed E-state index contributed by atoms with van der Waals surface area (Å²) in [6.45, 7) is 2.51. The van der Waals surface area contributed by atoms with E-state index in [4.69, 9.17) is 14.5 Å². The fraction of sp³-hybridized carbons (Fsp3) is 0.370. The number of nitrogens with zero attached hydrogens (tertiary/aromatic N) is 4. The summed E-state index contributed by atoms with van der Waals surface area (Å²) in [5, 5.41) is 0. The normalized spacial score (nSPS) is 15.4. The van der Waals surface area contributed by atoms with Crippen molar-refractivity contribution in [1.82, 2.24) is 14.9 Å². The van der Waals surface area contributed by atoms with E-state index in [0.29, 0.717) is 30.2 Å². The number of methoxy groups -OCH3 is 1. The molecular weight excluding hydrogens is 466 g/mol. The predicted molar refractivity (Wildman–Crippen MR) is 130 cm³/mol. The number of fused-ring (bicyclic) bond motifs is 1. The van der Waals surface area contributed by atoms with E-state index >= 15 is 0 Å². The fourth-order valence-electron chi connectivity index (χ4n) is 4.62. The number of hydrogen-bond donors (Lipinski definition) is 0. The van der Waals surface area contributed by atoms with E-state index in [2.05, 4.69) is 9.88 Å². The zero-order valence-electron chi connectivity index (χ0n) is 20.2. The molecule has 0 spiro atoms. The Morgan fingerprint density at radius 1 is 0.972 bits per heavy atom. The molecule has 36 heavy (non-hydrogen) atoms. The van der Waals surface area contributed by atoms with Crippen molar-refractivity contribution in [3.05, 3.63) is 70.9 Å². The van der Waals surface area contributed by atoms with Crippen molar-refractivity contribution in [2.24, 2.45) is 0 Å². The van der Waals surface area contributed by atoms with Gasteiger partial charge >= 0.3 is 0 Å². The Kier molecular flexibility index (Phi) is 6.97. The minimum Gasteiger partial charge on any atom is -0.497 e. The molecule has 1 saturated heterocycles. The van der Waals surface area contributed by atoms with Gasteiger partial charge < -0.3 is 19.3 Å². The van der Waals surface area contributed by atoms with Crippen molar-refractivity contribution in [2.45, 2.75) is 38.6 Å². The number of rotatable bonds is 6. The Morgan fingerprint density at radius 2 is 1.81 bits per heavy atom. The van der Waals surface area contributed by atoms with E-state index in [9.17, 15) is 13.6 Å². The minimum atomic E-state index is -0.998. The molecule has 188 valence electrons. The van der Waals surface area contributed by atoms with Crippen LogP contribution in [-0.4, -0.2) is 47.5 Å². The van der Waals surface area contributed by atoms with Crippen LogP contribution in [0.5, 0.6) is 17.4 Å². The number of ether oxygens (including phenoxy) is 2. The van der Waals surface area contributed by atoms with Gasteiger partial charge in [-0.1, -0.05) is 12.1 Å². The molecule has 9 heteroatoms. The Morgan fingerprint density at radius 3 is 2.58 bits per heavy atom. The van der Waals surface area contributed by atoms with Gasteiger partial charge in [0.2, 0.25) is 17.7 Å². The van der Waals surface area contributed by atoms with Crippen molar-refractivity contribution < 1.29 is 23.0 Å². The maximum absolute atomic E-state index is 13.9. The van der Waals surface area contributed by atoms with E-state index in [1.54, 1.807) is 12.0 Å². The maximum Gasteiger partial charge on any atom is 0.229 e. The fourth-order valence-corrected chi connectivity index (χ4v) is 4.62. The lowest BCUT2D eigenvalue weighted by Gasteiger charge is -2.32. The van der Waals surface area contributed by atoms with Crippen LogP contribution < -0.4 is 14.4 Å². The number of halogens is 2. The number of hydrogen-bond acceptors (Lipinski definition) is 6. The third kappa shape index (κ3) is 5.24. The molecule has 2 aromatic carbocycles. The molecule has 3 aromatic rings. The van der Waals surface area contributed by atoms with Gasteiger partial charge in [-0.3, -0.25) is 4.79 Å². The number of amides is 1. The molecule has 0 aliphatic carbocycles. The van der Waals surface area contributed by atoms with E-state index in [-0.39, 0.29) is 30.5 Å². The van der Waals surface area contributed by atoms with Crippen LogP contribution in [0.3, 0.4) is 0 Å². The second-order valence-corrected chi connectivity index (χ2v) is 9.07. The molecule has 1 aromatic heterocycles. The van der Waals surface area contributed by atoms with E-state index in [0.717, 1.165) is 49.3 Å². The molecule has 0 bridgehead atoms. The number of carbonyl (C=O) groups excluding carboxylic acids is 1. The molecule has 3 heterocycles. The summed E-state index contributed by atoms with van der Waals surface area (Å²) in [4.78, 5) is 26.5. The quantitative estimate of drug-likeness (QED) is 0.496. The largest absolute Gasteiger partial charge is 0.497 e. The van der Waals surface area contributed by atoms with Gasteiger partial charge in [-0.25, -0.2) is 13.8 Å². The maximum atomic E-state index is 13.9. The van der Waals surface area contributed by atoms with Gasteiger partial charge in [0.05, 0.1) is 31.3 Å². The standard InChI is InChI=1S/C27H28F2N4O3/c1-35-19-7-5-6-18(14-19)15-25(34)33-13-10-24-21(17-33)26(36-20-8-9-22(28)23(29)16-20)31-27(30-24)32-11-3-2-4-12-32/h5-9,14,16H,2-4,10-13,15,17H2,1H3. The van der Waals surface area contributed by atoms with Crippen LogP contribution >= 0.6 is 0 Å². The molecule has 0 atom stereocenters. The summed E-state index contributed by atoms with van der Waals surface area (Å²) < 4.78 is 38.6. The van der Waals surface area contributed by atoms with Crippen LogP contribution in [-0.2, 0) is 24.2 Å². The third-order valence-electron chi connectivity index (χ3n) is 6.60. The highest BCUT2D eigenvalue weighted by molar-refractivity contribution is 5.79. The molecule has 0 saturated carbocycles. The van der Waals surface area contributed by atoms with Crippen molar-refractivity contribution in [1.29, 1.82) is 0 Å². The van der Waals surface area contributed by atoms with E-state index in [1.165, 1.54) is 12.5 Å². The number of anilines is 1. The van der Waals surface area contributed by atoms with Gasteiger partial charge in [0.15, 0.2) is 11.6 Å². The van der Waals surface area contributed by atoms with Crippen molar-refractivity contribution in [2.75, 3.05) is 31.6 Å². The molecule has 1 fully saturated rings. The second-order valence-electron chi connectivity index (χ2n) is 9.07. The molecule has 0 unspecified atom stereocenters. The van der Waals surface area contributed by atoms with Gasteiger partial charge in [0.1, 0.15) is 11.5 Å². The van der Waals surface area contributed by atoms with Crippen LogP contribution in [0.25, 0.3) is 0 Å². The zero-order valence-corrected chi connectivity index (χ0v) is 20.2. The summed E-state index contributed by atoms with van der Waals surface area (Å²) in [6.07, 6.45) is 4.08. The SMILES string of the molecule is COc1cccc(CC(=O)N2CCc3nc(N4CCCCC4)nc(Oc4ccc(F)c(F)c4)c3C2)c1. The predicted octanol–water partition coefficient (Wildman–Crippen LogP) is 4.67. The van der Waals surface area contributed by atoms with Gasteiger partial charge in [-0.2, -0.15) is 4.98 Å². The van der Waals surface area contributed by atoms with Crippen molar-refractivity contribution in [3.8, 4) is 17.4 Å². The number of aromatic nitrogens is 2. The first-order valence-electron chi connectivity index (χ1n) is 12.2. The van der Waals surface area contributed by atoms with Crippen LogP contribution in [0.2, 0.25) is 0 Å². The smallest absolute Gasteiger partial charge is 0.229 e. The minimum absolute atomic E-state index is 0.0345. The summed E-state index contributed by atoms with van der Waals surface area (Å²) in [5.41, 5.74) is 2.36.